The number of hydrogen-bond acceptors (Lipinski definition) is 8. The number of benzene rings is 4. The fourth-order valence-electron chi connectivity index (χ4n) is 6.03. The largest absolute Gasteiger partial charge is 0.618 e. The second-order valence-electron chi connectivity index (χ2n) is 12.2. The predicted molar refractivity (Wildman–Crippen MR) is 192 cm³/mol. The Morgan fingerprint density at radius 1 is 0.860 bits per heavy atom. The minimum atomic E-state index is -0.622. The number of amides is 1. The lowest BCUT2D eigenvalue weighted by atomic mass is 9.91. The van der Waals surface area contributed by atoms with E-state index >= 15 is 0 Å². The van der Waals surface area contributed by atoms with Gasteiger partial charge in [-0.2, -0.15) is 4.73 Å². The molecule has 2 N–H and O–H groups in total. The number of nitrogens with one attached hydrogen (secondary N) is 1. The number of aliphatic hydroxyl groups excluding tert-OH is 1. The number of nitrogens with zero attached hydrogens (tertiary/aromatic N) is 3. The van der Waals surface area contributed by atoms with Crippen LogP contribution in [0.25, 0.3) is 22.2 Å². The Balaban J connectivity index is 1.06. The third kappa shape index (κ3) is 7.54. The third-order valence-electron chi connectivity index (χ3n) is 8.88. The number of fused-ring (bicyclic) bond motifs is 1. The van der Waals surface area contributed by atoms with Crippen LogP contribution < -0.4 is 10.0 Å². The van der Waals surface area contributed by atoms with Gasteiger partial charge in [-0.3, -0.25) is 9.78 Å². The number of aliphatic hydroxyl groups is 1. The molecule has 3 heterocycles. The summed E-state index contributed by atoms with van der Waals surface area (Å²) in [7, 11) is 0. The summed E-state index contributed by atoms with van der Waals surface area (Å²) in [6, 6.07) is 36.8. The molecular weight excluding hydrogens is 649 g/mol. The molecular formula is C40H36N4O5S. The van der Waals surface area contributed by atoms with Crippen molar-refractivity contribution in [1.82, 2.24) is 15.3 Å². The van der Waals surface area contributed by atoms with Gasteiger partial charge in [0.2, 0.25) is 0 Å². The molecule has 0 radical (unpaired) electrons. The molecule has 0 unspecified atom stereocenters. The Morgan fingerprint density at radius 3 is 2.40 bits per heavy atom. The molecule has 7 rings (SSSR count). The maximum absolute atomic E-state index is 12.9. The lowest BCUT2D eigenvalue weighted by Gasteiger charge is -2.41. The first-order valence-corrected chi connectivity index (χ1v) is 17.4. The number of para-hydroxylation sites is 2. The van der Waals surface area contributed by atoms with Gasteiger partial charge in [-0.25, -0.2) is 4.98 Å². The van der Waals surface area contributed by atoms with E-state index in [9.17, 15) is 15.1 Å². The molecule has 0 bridgehead atoms. The highest BCUT2D eigenvalue weighted by Crippen LogP contribution is 2.43. The van der Waals surface area contributed by atoms with Crippen molar-refractivity contribution in [1.29, 1.82) is 0 Å². The highest BCUT2D eigenvalue weighted by Gasteiger charge is 2.38. The lowest BCUT2D eigenvalue weighted by Crippen LogP contribution is -2.39. The molecule has 50 heavy (non-hydrogen) atoms. The molecule has 4 atom stereocenters. The molecule has 0 spiro atoms. The van der Waals surface area contributed by atoms with E-state index in [1.807, 2.05) is 103 Å². The second-order valence-corrected chi connectivity index (χ2v) is 13.3. The van der Waals surface area contributed by atoms with Gasteiger partial charge in [-0.05, 0) is 52.1 Å². The summed E-state index contributed by atoms with van der Waals surface area (Å²) in [5.41, 5.74) is 7.39. The Bertz CT molecular complexity index is 2090. The monoisotopic (exact) mass is 684 g/mol. The number of carbonyl (C=O) groups excluding carboxylic acids is 1. The van der Waals surface area contributed by atoms with Gasteiger partial charge in [-0.1, -0.05) is 97.5 Å². The fraction of sp³-hybridized carbons (Fsp3) is 0.200. The van der Waals surface area contributed by atoms with Crippen molar-refractivity contribution in [3.05, 3.63) is 161 Å². The number of pyridine rings is 1. The van der Waals surface area contributed by atoms with Gasteiger partial charge in [0.15, 0.2) is 12.5 Å². The van der Waals surface area contributed by atoms with Crippen LogP contribution in [0.2, 0.25) is 0 Å². The maximum atomic E-state index is 12.9. The van der Waals surface area contributed by atoms with Crippen LogP contribution in [0.3, 0.4) is 0 Å². The summed E-state index contributed by atoms with van der Waals surface area (Å²) in [6.45, 7) is 2.43. The van der Waals surface area contributed by atoms with E-state index in [1.54, 1.807) is 6.07 Å². The molecule has 9 nitrogen and oxygen atoms in total. The zero-order valence-electron chi connectivity index (χ0n) is 27.4. The van der Waals surface area contributed by atoms with E-state index in [0.717, 1.165) is 43.6 Å². The van der Waals surface area contributed by atoms with Crippen molar-refractivity contribution in [3.8, 4) is 11.1 Å². The van der Waals surface area contributed by atoms with Crippen molar-refractivity contribution in [2.75, 3.05) is 5.75 Å². The van der Waals surface area contributed by atoms with E-state index in [-0.39, 0.29) is 36.3 Å². The molecule has 252 valence electrons. The Kier molecular flexibility index (Phi) is 10.1. The minimum Gasteiger partial charge on any atom is -0.618 e. The predicted octanol–water partition coefficient (Wildman–Crippen LogP) is 6.94. The number of carbonyl (C=O) groups is 1. The van der Waals surface area contributed by atoms with E-state index in [1.165, 1.54) is 24.2 Å². The molecule has 0 saturated carbocycles. The number of thioether (sulfide) groups is 1. The molecule has 6 aromatic rings. The Morgan fingerprint density at radius 2 is 1.62 bits per heavy atom. The van der Waals surface area contributed by atoms with Crippen molar-refractivity contribution in [2.24, 2.45) is 5.92 Å². The van der Waals surface area contributed by atoms with Crippen LogP contribution in [-0.4, -0.2) is 32.8 Å². The van der Waals surface area contributed by atoms with Gasteiger partial charge in [0, 0.05) is 35.9 Å². The van der Waals surface area contributed by atoms with Crippen LogP contribution in [0.5, 0.6) is 0 Å². The topological polar surface area (TPSA) is 121 Å². The van der Waals surface area contributed by atoms with Crippen molar-refractivity contribution in [2.45, 2.75) is 43.6 Å². The highest BCUT2D eigenvalue weighted by molar-refractivity contribution is 7.99. The zero-order valence-corrected chi connectivity index (χ0v) is 28.2. The summed E-state index contributed by atoms with van der Waals surface area (Å²) in [5, 5.41) is 25.5. The molecule has 0 aliphatic carbocycles. The first-order valence-electron chi connectivity index (χ1n) is 16.5. The first kappa shape index (κ1) is 33.4. The normalized spacial score (nSPS) is 18.9. The summed E-state index contributed by atoms with van der Waals surface area (Å²) >= 11 is 1.47. The van der Waals surface area contributed by atoms with Crippen LogP contribution >= 0.6 is 11.8 Å². The van der Waals surface area contributed by atoms with Crippen LogP contribution in [0, 0.1) is 11.1 Å². The van der Waals surface area contributed by atoms with Gasteiger partial charge >= 0.3 is 0 Å². The van der Waals surface area contributed by atoms with Crippen molar-refractivity contribution in [3.63, 3.8) is 0 Å². The van der Waals surface area contributed by atoms with E-state index in [0.29, 0.717) is 22.8 Å². The summed E-state index contributed by atoms with van der Waals surface area (Å²) in [4.78, 5) is 21.6. The average molecular weight is 685 g/mol. The number of aromatic nitrogens is 3. The third-order valence-corrected chi connectivity index (χ3v) is 9.99. The average Bonchev–Trinajstić information content (AvgIpc) is 3.17. The molecule has 1 fully saturated rings. The van der Waals surface area contributed by atoms with Gasteiger partial charge in [0.05, 0.1) is 36.0 Å². The number of rotatable bonds is 10. The van der Waals surface area contributed by atoms with E-state index < -0.39 is 6.29 Å². The highest BCUT2D eigenvalue weighted by atomic mass is 32.2. The quantitative estimate of drug-likeness (QED) is 0.0905. The van der Waals surface area contributed by atoms with E-state index in [4.69, 9.17) is 9.47 Å². The maximum Gasteiger partial charge on any atom is 0.271 e. The Hall–Kier alpha value is -5.13. The smallest absolute Gasteiger partial charge is 0.271 e. The van der Waals surface area contributed by atoms with Gasteiger partial charge in [0.1, 0.15) is 5.69 Å². The number of ether oxygens (including phenoxy) is 2. The number of hydrogen-bond donors (Lipinski definition) is 2. The molecule has 10 heteroatoms. The van der Waals surface area contributed by atoms with Gasteiger partial charge in [-0.15, -0.1) is 0 Å². The molecule has 1 saturated heterocycles. The van der Waals surface area contributed by atoms with Crippen molar-refractivity contribution >= 4 is 28.7 Å². The summed E-state index contributed by atoms with van der Waals surface area (Å²) in [5.74, 6) is 0.293. The second kappa shape index (κ2) is 15.2. The van der Waals surface area contributed by atoms with Gasteiger partial charge < -0.3 is 25.1 Å². The first-order chi connectivity index (χ1) is 24.4. The molecule has 1 aliphatic rings. The summed E-state index contributed by atoms with van der Waals surface area (Å²) < 4.78 is 14.1. The van der Waals surface area contributed by atoms with Crippen molar-refractivity contribution < 1.29 is 24.1 Å². The van der Waals surface area contributed by atoms with E-state index in [2.05, 4.69) is 28.3 Å². The van der Waals surface area contributed by atoms with Gasteiger partial charge in [0.25, 0.3) is 10.9 Å². The van der Waals surface area contributed by atoms with Crippen LogP contribution in [0.1, 0.15) is 52.1 Å². The van der Waals surface area contributed by atoms with Crippen LogP contribution in [0.4, 0.5) is 0 Å². The molecule has 1 aliphatic heterocycles. The van der Waals surface area contributed by atoms with Crippen LogP contribution in [-0.2, 0) is 22.6 Å². The van der Waals surface area contributed by atoms with Crippen LogP contribution in [0.15, 0.2) is 133 Å². The lowest BCUT2D eigenvalue weighted by molar-refractivity contribution is -0.645. The SMILES string of the molecule is C[C@H]1[C@@H](CSc2cccc[n+]2[O-])O[C@@H](c2ccc(-c3cccc(CNC(=O)c4cnc5ccccc5n4)c3)cc2)O[C@H]1c1ccc(CO)cc1. The standard InChI is InChI=1S/C40H36N4O5S/c1-26-36(25-50-37-11-4-5-20-44(37)47)48-40(49-38(26)30-14-12-27(24-45)13-15-30)31-18-16-29(17-19-31)32-8-6-7-28(21-32)22-42-39(46)35-23-41-33-9-2-3-10-34(33)43-35/h2-21,23,26,36,38,40,45H,22,24-25H2,1H3,(H,42,46)/t26-,36+,38+,40+/m0/s1. The summed E-state index contributed by atoms with van der Waals surface area (Å²) in [6.07, 6.45) is 1.92. The Labute approximate surface area is 294 Å². The molecule has 1 amide bonds. The molecule has 2 aromatic heterocycles. The minimum absolute atomic E-state index is 0.00155. The zero-order chi connectivity index (χ0) is 34.5. The molecule has 4 aromatic carbocycles. The fourth-order valence-corrected chi connectivity index (χ4v) is 7.11.